The number of aliphatic carboxylic acids is 1. The number of hydrogen-bond donors (Lipinski definition) is 2. The highest BCUT2D eigenvalue weighted by atomic mass is 32.2. The highest BCUT2D eigenvalue weighted by molar-refractivity contribution is 7.89. The van der Waals surface area contributed by atoms with Crippen molar-refractivity contribution < 1.29 is 22.7 Å². The zero-order chi connectivity index (χ0) is 17.6. The molecule has 0 amide bonds. The molecule has 1 saturated heterocycles. The standard InChI is InChI=1S/C16H23FN2O4S/c17-13-5-7-15(8-6-13)24(22,23)18-14-9-11-19(12-14)10-3-1-2-4-16(20)21/h5-8,14,18H,1-4,9-12H2,(H,20,21). The Kier molecular flexibility index (Phi) is 6.70. The minimum absolute atomic E-state index is 0.0658. The number of carboxylic acid groups (broad SMARTS) is 1. The van der Waals surface area contributed by atoms with Gasteiger partial charge in [-0.15, -0.1) is 0 Å². The fourth-order valence-corrected chi connectivity index (χ4v) is 4.08. The third-order valence-electron chi connectivity index (χ3n) is 4.08. The van der Waals surface area contributed by atoms with Crippen molar-refractivity contribution in [3.05, 3.63) is 30.1 Å². The first-order chi connectivity index (χ1) is 11.4. The second-order valence-corrected chi connectivity index (χ2v) is 7.78. The number of unbranched alkanes of at least 4 members (excludes halogenated alkanes) is 2. The van der Waals surface area contributed by atoms with Crippen LogP contribution < -0.4 is 4.72 Å². The quantitative estimate of drug-likeness (QED) is 0.658. The first kappa shape index (κ1) is 18.8. The molecule has 0 aromatic heterocycles. The van der Waals surface area contributed by atoms with E-state index in [-0.39, 0.29) is 17.4 Å². The number of carboxylic acids is 1. The molecule has 1 aliphatic heterocycles. The molecule has 1 fully saturated rings. The van der Waals surface area contributed by atoms with Gasteiger partial charge in [0, 0.05) is 19.0 Å². The average molecular weight is 358 g/mol. The number of nitrogens with one attached hydrogen (secondary N) is 1. The van der Waals surface area contributed by atoms with Crippen LogP contribution in [0.2, 0.25) is 0 Å². The van der Waals surface area contributed by atoms with E-state index in [9.17, 15) is 17.6 Å². The summed E-state index contributed by atoms with van der Waals surface area (Å²) >= 11 is 0. The van der Waals surface area contributed by atoms with E-state index in [0.717, 1.165) is 44.5 Å². The lowest BCUT2D eigenvalue weighted by molar-refractivity contribution is -0.137. The summed E-state index contributed by atoms with van der Waals surface area (Å²) < 4.78 is 40.1. The Hall–Kier alpha value is -1.51. The van der Waals surface area contributed by atoms with Crippen LogP contribution in [-0.2, 0) is 14.8 Å². The maximum Gasteiger partial charge on any atom is 0.303 e. The van der Waals surface area contributed by atoms with Crippen LogP contribution >= 0.6 is 0 Å². The van der Waals surface area contributed by atoms with Crippen molar-refractivity contribution in [3.63, 3.8) is 0 Å². The second-order valence-electron chi connectivity index (χ2n) is 6.07. The molecule has 2 N–H and O–H groups in total. The third-order valence-corrected chi connectivity index (χ3v) is 5.62. The number of likely N-dealkylation sites (tertiary alicyclic amines) is 1. The smallest absolute Gasteiger partial charge is 0.303 e. The SMILES string of the molecule is O=C(O)CCCCCN1CCC(NS(=O)(=O)c2ccc(F)cc2)C1. The van der Waals surface area contributed by atoms with Gasteiger partial charge < -0.3 is 10.0 Å². The molecule has 1 aromatic rings. The Morgan fingerprint density at radius 3 is 2.62 bits per heavy atom. The van der Waals surface area contributed by atoms with Crippen molar-refractivity contribution in [2.75, 3.05) is 19.6 Å². The Bertz CT molecular complexity index is 649. The monoisotopic (exact) mass is 358 g/mol. The van der Waals surface area contributed by atoms with Gasteiger partial charge in [0.25, 0.3) is 0 Å². The molecule has 6 nitrogen and oxygen atoms in total. The van der Waals surface area contributed by atoms with Crippen LogP contribution in [0, 0.1) is 5.82 Å². The van der Waals surface area contributed by atoms with Gasteiger partial charge in [0.1, 0.15) is 5.82 Å². The van der Waals surface area contributed by atoms with E-state index in [2.05, 4.69) is 9.62 Å². The molecule has 0 radical (unpaired) electrons. The Balaban J connectivity index is 1.75. The van der Waals surface area contributed by atoms with Gasteiger partial charge in [-0.2, -0.15) is 0 Å². The number of carbonyl (C=O) groups is 1. The van der Waals surface area contributed by atoms with Crippen molar-refractivity contribution in [2.45, 2.75) is 43.0 Å². The van der Waals surface area contributed by atoms with Crippen molar-refractivity contribution >= 4 is 16.0 Å². The molecule has 1 aromatic carbocycles. The molecule has 0 spiro atoms. The molecule has 1 heterocycles. The van der Waals surface area contributed by atoms with Gasteiger partial charge in [0.2, 0.25) is 10.0 Å². The predicted octanol–water partition coefficient (Wildman–Crippen LogP) is 1.82. The maximum atomic E-state index is 12.9. The first-order valence-corrected chi connectivity index (χ1v) is 9.57. The molecule has 1 atom stereocenters. The van der Waals surface area contributed by atoms with Gasteiger partial charge >= 0.3 is 5.97 Å². The summed E-state index contributed by atoms with van der Waals surface area (Å²) in [6.07, 6.45) is 3.36. The molecule has 0 aliphatic carbocycles. The van der Waals surface area contributed by atoms with Crippen LogP contribution in [0.4, 0.5) is 4.39 Å². The van der Waals surface area contributed by atoms with Crippen LogP contribution in [0.25, 0.3) is 0 Å². The summed E-state index contributed by atoms with van der Waals surface area (Å²) in [5, 5.41) is 8.58. The van der Waals surface area contributed by atoms with Crippen LogP contribution in [-0.4, -0.2) is 50.1 Å². The lowest BCUT2D eigenvalue weighted by Gasteiger charge is -2.16. The maximum absolute atomic E-state index is 12.9. The van der Waals surface area contributed by atoms with Crippen molar-refractivity contribution in [2.24, 2.45) is 0 Å². The van der Waals surface area contributed by atoms with E-state index in [1.165, 1.54) is 12.1 Å². The number of benzene rings is 1. The molecule has 0 saturated carbocycles. The van der Waals surface area contributed by atoms with E-state index in [0.29, 0.717) is 13.0 Å². The molecular formula is C16H23FN2O4S. The Morgan fingerprint density at radius 2 is 1.96 bits per heavy atom. The topological polar surface area (TPSA) is 86.7 Å². The molecule has 0 bridgehead atoms. The zero-order valence-corrected chi connectivity index (χ0v) is 14.3. The summed E-state index contributed by atoms with van der Waals surface area (Å²) in [6.45, 7) is 2.29. The lowest BCUT2D eigenvalue weighted by Crippen LogP contribution is -2.37. The van der Waals surface area contributed by atoms with Crippen LogP contribution in [0.5, 0.6) is 0 Å². The Morgan fingerprint density at radius 1 is 1.25 bits per heavy atom. The van der Waals surface area contributed by atoms with Crippen LogP contribution in [0.3, 0.4) is 0 Å². The largest absolute Gasteiger partial charge is 0.481 e. The third kappa shape index (κ3) is 5.85. The van der Waals surface area contributed by atoms with Gasteiger partial charge in [0.15, 0.2) is 0 Å². The van der Waals surface area contributed by atoms with Crippen LogP contribution in [0.15, 0.2) is 29.2 Å². The van der Waals surface area contributed by atoms with E-state index in [1.807, 2.05) is 0 Å². The van der Waals surface area contributed by atoms with Crippen molar-refractivity contribution in [1.29, 1.82) is 0 Å². The van der Waals surface area contributed by atoms with Crippen LogP contribution in [0.1, 0.15) is 32.1 Å². The zero-order valence-electron chi connectivity index (χ0n) is 13.4. The summed E-state index contributed by atoms with van der Waals surface area (Å²) in [4.78, 5) is 12.7. The normalized spacial score (nSPS) is 18.8. The van der Waals surface area contributed by atoms with Gasteiger partial charge in [0.05, 0.1) is 4.90 Å². The minimum atomic E-state index is -3.63. The molecule has 134 valence electrons. The van der Waals surface area contributed by atoms with E-state index in [1.54, 1.807) is 0 Å². The highest BCUT2D eigenvalue weighted by Gasteiger charge is 2.26. The van der Waals surface area contributed by atoms with Gasteiger partial charge in [-0.05, 0) is 56.6 Å². The Labute approximate surface area is 141 Å². The molecular weight excluding hydrogens is 335 g/mol. The second kappa shape index (κ2) is 8.55. The highest BCUT2D eigenvalue weighted by Crippen LogP contribution is 2.15. The van der Waals surface area contributed by atoms with Gasteiger partial charge in [-0.25, -0.2) is 17.5 Å². The number of hydrogen-bond acceptors (Lipinski definition) is 4. The summed E-state index contributed by atoms with van der Waals surface area (Å²) in [6, 6.07) is 4.62. The van der Waals surface area contributed by atoms with E-state index in [4.69, 9.17) is 5.11 Å². The summed E-state index contributed by atoms with van der Waals surface area (Å²) in [7, 11) is -3.63. The molecule has 24 heavy (non-hydrogen) atoms. The number of nitrogens with zero attached hydrogens (tertiary/aromatic N) is 1. The van der Waals surface area contributed by atoms with E-state index < -0.39 is 21.8 Å². The molecule has 8 heteroatoms. The van der Waals surface area contributed by atoms with E-state index >= 15 is 0 Å². The summed E-state index contributed by atoms with van der Waals surface area (Å²) in [5.74, 6) is -1.24. The molecule has 1 unspecified atom stereocenters. The predicted molar refractivity (Wildman–Crippen MR) is 87.7 cm³/mol. The molecule has 2 rings (SSSR count). The first-order valence-electron chi connectivity index (χ1n) is 8.09. The fraction of sp³-hybridized carbons (Fsp3) is 0.562. The van der Waals surface area contributed by atoms with Gasteiger partial charge in [-0.1, -0.05) is 6.42 Å². The number of halogens is 1. The average Bonchev–Trinajstić information content (AvgIpc) is 2.93. The molecule has 1 aliphatic rings. The van der Waals surface area contributed by atoms with Crippen molar-refractivity contribution in [1.82, 2.24) is 9.62 Å². The lowest BCUT2D eigenvalue weighted by atomic mass is 10.2. The minimum Gasteiger partial charge on any atom is -0.481 e. The fourth-order valence-electron chi connectivity index (χ4n) is 2.82. The number of sulfonamides is 1. The summed E-state index contributed by atoms with van der Waals surface area (Å²) in [5.41, 5.74) is 0. The van der Waals surface area contributed by atoms with Gasteiger partial charge in [-0.3, -0.25) is 4.79 Å². The van der Waals surface area contributed by atoms with Crippen molar-refractivity contribution in [3.8, 4) is 0 Å². The number of rotatable bonds is 9.